The van der Waals surface area contributed by atoms with E-state index in [9.17, 15) is 8.78 Å². The molecule has 0 saturated heterocycles. The summed E-state index contributed by atoms with van der Waals surface area (Å²) in [7, 11) is 0. The molecule has 88 valence electrons. The zero-order valence-corrected chi connectivity index (χ0v) is 9.16. The highest BCUT2D eigenvalue weighted by molar-refractivity contribution is 5.63. The number of pyridine rings is 1. The van der Waals surface area contributed by atoms with E-state index in [0.717, 1.165) is 11.6 Å². The quantitative estimate of drug-likeness (QED) is 0.886. The zero-order chi connectivity index (χ0) is 12.3. The Morgan fingerprint density at radius 3 is 2.47 bits per heavy atom. The first-order valence-electron chi connectivity index (χ1n) is 5.31. The van der Waals surface area contributed by atoms with Gasteiger partial charge in [-0.3, -0.25) is 4.98 Å². The zero-order valence-electron chi connectivity index (χ0n) is 9.16. The predicted molar refractivity (Wildman–Crippen MR) is 62.3 cm³/mol. The van der Waals surface area contributed by atoms with Crippen molar-refractivity contribution in [3.63, 3.8) is 0 Å². The van der Waals surface area contributed by atoms with Gasteiger partial charge in [0, 0.05) is 17.8 Å². The maximum atomic E-state index is 13.1. The molecular formula is C13H12F2N2. The maximum absolute atomic E-state index is 13.1. The van der Waals surface area contributed by atoms with Gasteiger partial charge in [-0.05, 0) is 36.7 Å². The minimum absolute atomic E-state index is 0.437. The number of benzene rings is 1. The lowest BCUT2D eigenvalue weighted by Gasteiger charge is -2.07. The number of hydrogen-bond acceptors (Lipinski definition) is 2. The van der Waals surface area contributed by atoms with Crippen LogP contribution < -0.4 is 5.73 Å². The molecule has 2 nitrogen and oxygen atoms in total. The maximum Gasteiger partial charge on any atom is 0.126 e. The van der Waals surface area contributed by atoms with Crippen molar-refractivity contribution >= 4 is 0 Å². The third-order valence-electron chi connectivity index (χ3n) is 2.44. The van der Waals surface area contributed by atoms with Crippen LogP contribution in [-0.4, -0.2) is 11.5 Å². The molecule has 0 aliphatic carbocycles. The van der Waals surface area contributed by atoms with E-state index in [1.54, 1.807) is 12.3 Å². The van der Waals surface area contributed by atoms with Gasteiger partial charge in [0.1, 0.15) is 11.6 Å². The summed E-state index contributed by atoms with van der Waals surface area (Å²) in [6, 6.07) is 7.02. The van der Waals surface area contributed by atoms with Gasteiger partial charge in [-0.15, -0.1) is 0 Å². The largest absolute Gasteiger partial charge is 0.330 e. The normalized spacial score (nSPS) is 10.5. The Kier molecular flexibility index (Phi) is 3.44. The smallest absolute Gasteiger partial charge is 0.126 e. The van der Waals surface area contributed by atoms with E-state index in [2.05, 4.69) is 4.98 Å². The average molecular weight is 234 g/mol. The highest BCUT2D eigenvalue weighted by Crippen LogP contribution is 2.23. The van der Waals surface area contributed by atoms with E-state index in [1.807, 2.05) is 6.07 Å². The molecule has 0 radical (unpaired) electrons. The van der Waals surface area contributed by atoms with Gasteiger partial charge in [0.2, 0.25) is 0 Å². The van der Waals surface area contributed by atoms with E-state index >= 15 is 0 Å². The van der Waals surface area contributed by atoms with Crippen molar-refractivity contribution in [1.29, 1.82) is 0 Å². The Hall–Kier alpha value is -1.81. The third kappa shape index (κ3) is 2.65. The molecule has 4 heteroatoms. The highest BCUT2D eigenvalue weighted by Gasteiger charge is 2.08. The van der Waals surface area contributed by atoms with Gasteiger partial charge in [0.15, 0.2) is 0 Å². The molecule has 0 fully saturated rings. The number of aromatic nitrogens is 1. The molecule has 0 saturated carbocycles. The lowest BCUT2D eigenvalue weighted by Crippen LogP contribution is -2.04. The lowest BCUT2D eigenvalue weighted by atomic mass is 10.0. The van der Waals surface area contributed by atoms with Gasteiger partial charge in [-0.1, -0.05) is 6.07 Å². The fourth-order valence-corrected chi connectivity index (χ4v) is 1.75. The van der Waals surface area contributed by atoms with Crippen LogP contribution in [0.15, 0.2) is 36.5 Å². The predicted octanol–water partition coefficient (Wildman–Crippen LogP) is 2.53. The monoisotopic (exact) mass is 234 g/mol. The minimum atomic E-state index is -0.607. The summed E-state index contributed by atoms with van der Waals surface area (Å²) in [4.78, 5) is 4.16. The molecule has 0 atom stereocenters. The van der Waals surface area contributed by atoms with Crippen molar-refractivity contribution in [2.75, 3.05) is 6.54 Å². The van der Waals surface area contributed by atoms with E-state index in [-0.39, 0.29) is 0 Å². The standard InChI is InChI=1S/C13H12F2N2/c14-11-6-10(7-12(15)8-11)13-9(3-4-16)2-1-5-17-13/h1-2,5-8H,3-4,16H2. The van der Waals surface area contributed by atoms with Crippen molar-refractivity contribution < 1.29 is 8.78 Å². The first-order valence-corrected chi connectivity index (χ1v) is 5.31. The number of nitrogens with two attached hydrogens (primary N) is 1. The van der Waals surface area contributed by atoms with Crippen LogP contribution in [0.5, 0.6) is 0 Å². The average Bonchev–Trinajstić information content (AvgIpc) is 2.29. The second-order valence-electron chi connectivity index (χ2n) is 3.71. The second-order valence-corrected chi connectivity index (χ2v) is 3.71. The Morgan fingerprint density at radius 2 is 1.82 bits per heavy atom. The number of rotatable bonds is 3. The molecule has 0 aliphatic rings. The van der Waals surface area contributed by atoms with Gasteiger partial charge >= 0.3 is 0 Å². The number of nitrogens with zero attached hydrogens (tertiary/aromatic N) is 1. The lowest BCUT2D eigenvalue weighted by molar-refractivity contribution is 0.584. The van der Waals surface area contributed by atoms with E-state index in [1.165, 1.54) is 12.1 Å². The van der Waals surface area contributed by atoms with Crippen LogP contribution in [0.4, 0.5) is 8.78 Å². The molecule has 1 aromatic heterocycles. The van der Waals surface area contributed by atoms with Crippen LogP contribution in [0.3, 0.4) is 0 Å². The molecule has 0 spiro atoms. The molecule has 0 amide bonds. The van der Waals surface area contributed by atoms with Crippen molar-refractivity contribution in [2.24, 2.45) is 5.73 Å². The van der Waals surface area contributed by atoms with Crippen molar-refractivity contribution in [2.45, 2.75) is 6.42 Å². The minimum Gasteiger partial charge on any atom is -0.330 e. The Labute approximate surface area is 98.1 Å². The fraction of sp³-hybridized carbons (Fsp3) is 0.154. The summed E-state index contributed by atoms with van der Waals surface area (Å²) in [5, 5.41) is 0. The second kappa shape index (κ2) is 5.01. The Bertz CT molecular complexity index is 506. The molecule has 0 unspecified atom stereocenters. The van der Waals surface area contributed by atoms with Gasteiger partial charge < -0.3 is 5.73 Å². The van der Waals surface area contributed by atoms with Crippen LogP contribution >= 0.6 is 0 Å². The molecule has 2 N–H and O–H groups in total. The van der Waals surface area contributed by atoms with Crippen molar-refractivity contribution in [1.82, 2.24) is 4.98 Å². The number of halogens is 2. The Morgan fingerprint density at radius 1 is 1.12 bits per heavy atom. The molecule has 1 aromatic carbocycles. The fourth-order valence-electron chi connectivity index (χ4n) is 1.75. The SMILES string of the molecule is NCCc1cccnc1-c1cc(F)cc(F)c1. The first kappa shape index (κ1) is 11.7. The molecular weight excluding hydrogens is 222 g/mol. The van der Waals surface area contributed by atoms with Crippen LogP contribution in [0.1, 0.15) is 5.56 Å². The van der Waals surface area contributed by atoms with E-state index in [0.29, 0.717) is 24.2 Å². The summed E-state index contributed by atoms with van der Waals surface area (Å²) < 4.78 is 26.3. The molecule has 17 heavy (non-hydrogen) atoms. The molecule has 1 heterocycles. The highest BCUT2D eigenvalue weighted by atomic mass is 19.1. The van der Waals surface area contributed by atoms with Gasteiger partial charge in [0.05, 0.1) is 5.69 Å². The van der Waals surface area contributed by atoms with Crippen LogP contribution in [0, 0.1) is 11.6 Å². The van der Waals surface area contributed by atoms with Crippen molar-refractivity contribution in [3.8, 4) is 11.3 Å². The molecule has 0 aliphatic heterocycles. The first-order chi connectivity index (χ1) is 8.20. The molecule has 2 rings (SSSR count). The van der Waals surface area contributed by atoms with Gasteiger partial charge in [-0.2, -0.15) is 0 Å². The third-order valence-corrected chi connectivity index (χ3v) is 2.44. The number of hydrogen-bond donors (Lipinski definition) is 1. The van der Waals surface area contributed by atoms with E-state index in [4.69, 9.17) is 5.73 Å². The summed E-state index contributed by atoms with van der Waals surface area (Å²) in [6.07, 6.45) is 2.22. The topological polar surface area (TPSA) is 38.9 Å². The van der Waals surface area contributed by atoms with Gasteiger partial charge in [-0.25, -0.2) is 8.78 Å². The van der Waals surface area contributed by atoms with Gasteiger partial charge in [0.25, 0.3) is 0 Å². The van der Waals surface area contributed by atoms with Crippen LogP contribution in [-0.2, 0) is 6.42 Å². The van der Waals surface area contributed by atoms with Crippen molar-refractivity contribution in [3.05, 3.63) is 53.7 Å². The Balaban J connectivity index is 2.51. The molecule has 0 bridgehead atoms. The summed E-state index contributed by atoms with van der Waals surface area (Å²) in [5.74, 6) is -1.21. The molecule has 2 aromatic rings. The van der Waals surface area contributed by atoms with E-state index < -0.39 is 11.6 Å². The van der Waals surface area contributed by atoms with Crippen LogP contribution in [0.2, 0.25) is 0 Å². The summed E-state index contributed by atoms with van der Waals surface area (Å²) in [5.41, 5.74) is 7.40. The van der Waals surface area contributed by atoms with Crippen LogP contribution in [0.25, 0.3) is 11.3 Å². The summed E-state index contributed by atoms with van der Waals surface area (Å²) >= 11 is 0. The summed E-state index contributed by atoms with van der Waals surface area (Å²) in [6.45, 7) is 0.469.